The predicted octanol–water partition coefficient (Wildman–Crippen LogP) is 0.520. The van der Waals surface area contributed by atoms with Gasteiger partial charge >= 0.3 is 11.9 Å². The van der Waals surface area contributed by atoms with E-state index in [0.29, 0.717) is 0 Å². The van der Waals surface area contributed by atoms with Crippen LogP contribution in [0.4, 0.5) is 0 Å². The van der Waals surface area contributed by atoms with E-state index in [1.54, 1.807) is 20.8 Å². The highest BCUT2D eigenvalue weighted by atomic mass is 16.6. The minimum absolute atomic E-state index is 0.0659. The van der Waals surface area contributed by atoms with Gasteiger partial charge in [0.05, 0.1) is 12.8 Å². The molecular formula is C9H17NO4. The van der Waals surface area contributed by atoms with Crippen molar-refractivity contribution in [2.24, 2.45) is 5.73 Å². The van der Waals surface area contributed by atoms with Crippen LogP contribution < -0.4 is 5.73 Å². The zero-order valence-electron chi connectivity index (χ0n) is 8.74. The van der Waals surface area contributed by atoms with E-state index >= 15 is 0 Å². The molecule has 3 N–H and O–H groups in total. The van der Waals surface area contributed by atoms with Gasteiger partial charge in [-0.3, -0.25) is 9.59 Å². The third-order valence-electron chi connectivity index (χ3n) is 1.29. The molecule has 14 heavy (non-hydrogen) atoms. The van der Waals surface area contributed by atoms with E-state index in [1.165, 1.54) is 0 Å². The molecule has 0 aliphatic carbocycles. The van der Waals surface area contributed by atoms with Crippen LogP contribution in [0.15, 0.2) is 0 Å². The Kier molecular flexibility index (Phi) is 4.56. The van der Waals surface area contributed by atoms with Crippen molar-refractivity contribution in [2.75, 3.05) is 0 Å². The molecule has 0 aromatic carbocycles. The first-order valence-electron chi connectivity index (χ1n) is 4.40. The molecule has 0 fully saturated rings. The Morgan fingerprint density at radius 3 is 2.21 bits per heavy atom. The Hall–Kier alpha value is -1.10. The van der Waals surface area contributed by atoms with Crippen molar-refractivity contribution in [3.63, 3.8) is 0 Å². The molecule has 0 heterocycles. The van der Waals surface area contributed by atoms with Crippen LogP contribution >= 0.6 is 0 Å². The number of hydrogen-bond donors (Lipinski definition) is 2. The summed E-state index contributed by atoms with van der Waals surface area (Å²) < 4.78 is 4.98. The van der Waals surface area contributed by atoms with Crippen molar-refractivity contribution in [3.8, 4) is 0 Å². The summed E-state index contributed by atoms with van der Waals surface area (Å²) in [5, 5.41) is 8.40. The molecular weight excluding hydrogens is 186 g/mol. The fourth-order valence-corrected chi connectivity index (χ4v) is 0.894. The number of ether oxygens (including phenoxy) is 1. The standard InChI is InChI=1S/C9H17NO4/c1-9(2,3)14-8(13)5-6(10)4-7(11)12/h6H,4-5,10H2,1-3H3,(H,11,12)/t6-/m1/s1. The van der Waals surface area contributed by atoms with Crippen LogP contribution in [-0.4, -0.2) is 28.7 Å². The average molecular weight is 203 g/mol. The van der Waals surface area contributed by atoms with Crippen LogP contribution in [0.3, 0.4) is 0 Å². The lowest BCUT2D eigenvalue weighted by molar-refractivity contribution is -0.155. The third kappa shape index (κ3) is 7.54. The fraction of sp³-hybridized carbons (Fsp3) is 0.778. The molecule has 0 saturated heterocycles. The molecule has 0 radical (unpaired) electrons. The Morgan fingerprint density at radius 1 is 1.36 bits per heavy atom. The van der Waals surface area contributed by atoms with Gasteiger partial charge in [0.25, 0.3) is 0 Å². The van der Waals surface area contributed by atoms with Crippen LogP contribution in [0.1, 0.15) is 33.6 Å². The summed E-state index contributed by atoms with van der Waals surface area (Å²) in [6.07, 6.45) is -0.289. The van der Waals surface area contributed by atoms with Gasteiger partial charge < -0.3 is 15.6 Å². The smallest absolute Gasteiger partial charge is 0.307 e. The molecule has 0 bridgehead atoms. The normalized spacial score (nSPS) is 13.4. The van der Waals surface area contributed by atoms with Crippen molar-refractivity contribution in [1.82, 2.24) is 0 Å². The first-order valence-corrected chi connectivity index (χ1v) is 4.40. The minimum Gasteiger partial charge on any atom is -0.481 e. The highest BCUT2D eigenvalue weighted by molar-refractivity contribution is 5.73. The number of hydrogen-bond acceptors (Lipinski definition) is 4. The molecule has 1 atom stereocenters. The zero-order chi connectivity index (χ0) is 11.4. The zero-order valence-corrected chi connectivity index (χ0v) is 8.74. The molecule has 0 aliphatic rings. The van der Waals surface area contributed by atoms with Crippen molar-refractivity contribution in [3.05, 3.63) is 0 Å². The van der Waals surface area contributed by atoms with Gasteiger partial charge in [-0.15, -0.1) is 0 Å². The maximum absolute atomic E-state index is 11.2. The molecule has 0 aromatic heterocycles. The van der Waals surface area contributed by atoms with Gasteiger partial charge in [0, 0.05) is 6.04 Å². The Balaban J connectivity index is 3.89. The quantitative estimate of drug-likeness (QED) is 0.650. The van der Waals surface area contributed by atoms with Crippen LogP contribution in [0.5, 0.6) is 0 Å². The number of carboxylic acid groups (broad SMARTS) is 1. The molecule has 0 amide bonds. The van der Waals surface area contributed by atoms with Crippen molar-refractivity contribution in [2.45, 2.75) is 45.3 Å². The van der Waals surface area contributed by atoms with Gasteiger partial charge in [0.15, 0.2) is 0 Å². The summed E-state index contributed by atoms with van der Waals surface area (Å²) in [6, 6.07) is -0.678. The summed E-state index contributed by atoms with van der Waals surface area (Å²) in [6.45, 7) is 5.23. The monoisotopic (exact) mass is 203 g/mol. The van der Waals surface area contributed by atoms with E-state index in [9.17, 15) is 9.59 Å². The summed E-state index contributed by atoms with van der Waals surface area (Å²) in [5.74, 6) is -1.48. The predicted molar refractivity (Wildman–Crippen MR) is 50.7 cm³/mol. The topological polar surface area (TPSA) is 89.6 Å². The number of rotatable bonds is 4. The molecule has 0 spiro atoms. The van der Waals surface area contributed by atoms with E-state index in [2.05, 4.69) is 0 Å². The van der Waals surface area contributed by atoms with Crippen LogP contribution in [0, 0.1) is 0 Å². The highest BCUT2D eigenvalue weighted by Gasteiger charge is 2.19. The molecule has 0 saturated carbocycles. The average Bonchev–Trinajstić information content (AvgIpc) is 1.77. The summed E-state index contributed by atoms with van der Waals surface area (Å²) >= 11 is 0. The maximum Gasteiger partial charge on any atom is 0.307 e. The second-order valence-electron chi connectivity index (χ2n) is 4.15. The molecule has 0 rings (SSSR count). The third-order valence-corrected chi connectivity index (χ3v) is 1.29. The lowest BCUT2D eigenvalue weighted by Crippen LogP contribution is -2.31. The second-order valence-corrected chi connectivity index (χ2v) is 4.15. The van der Waals surface area contributed by atoms with E-state index < -0.39 is 23.6 Å². The van der Waals surface area contributed by atoms with Gasteiger partial charge in [-0.05, 0) is 20.8 Å². The van der Waals surface area contributed by atoms with Crippen molar-refractivity contribution < 1.29 is 19.4 Å². The molecule has 5 heteroatoms. The van der Waals surface area contributed by atoms with Gasteiger partial charge in [0.2, 0.25) is 0 Å². The van der Waals surface area contributed by atoms with E-state index in [1.807, 2.05) is 0 Å². The van der Waals surface area contributed by atoms with Crippen LogP contribution in [-0.2, 0) is 14.3 Å². The lowest BCUT2D eigenvalue weighted by atomic mass is 10.1. The first kappa shape index (κ1) is 12.9. The fourth-order valence-electron chi connectivity index (χ4n) is 0.894. The second kappa shape index (κ2) is 4.95. The highest BCUT2D eigenvalue weighted by Crippen LogP contribution is 2.09. The molecule has 0 unspecified atom stereocenters. The first-order chi connectivity index (χ1) is 6.20. The van der Waals surface area contributed by atoms with E-state index in [0.717, 1.165) is 0 Å². The summed E-state index contributed by atoms with van der Waals surface area (Å²) in [4.78, 5) is 21.4. The number of carbonyl (C=O) groups is 2. The number of carbonyl (C=O) groups excluding carboxylic acids is 1. The Bertz CT molecular complexity index is 219. The lowest BCUT2D eigenvalue weighted by Gasteiger charge is -2.20. The molecule has 0 aromatic rings. The summed E-state index contributed by atoms with van der Waals surface area (Å²) in [5.41, 5.74) is 4.86. The molecule has 82 valence electrons. The van der Waals surface area contributed by atoms with Gasteiger partial charge in [-0.1, -0.05) is 0 Å². The van der Waals surface area contributed by atoms with Crippen molar-refractivity contribution >= 4 is 11.9 Å². The minimum atomic E-state index is -1.01. The van der Waals surface area contributed by atoms with Crippen LogP contribution in [0.2, 0.25) is 0 Å². The number of carboxylic acids is 1. The molecule has 5 nitrogen and oxygen atoms in total. The Morgan fingerprint density at radius 2 is 1.86 bits per heavy atom. The van der Waals surface area contributed by atoms with Gasteiger partial charge in [-0.2, -0.15) is 0 Å². The Labute approximate surface area is 83.2 Å². The largest absolute Gasteiger partial charge is 0.481 e. The number of aliphatic carboxylic acids is 1. The molecule has 0 aliphatic heterocycles. The van der Waals surface area contributed by atoms with E-state index in [-0.39, 0.29) is 12.8 Å². The van der Waals surface area contributed by atoms with Gasteiger partial charge in [0.1, 0.15) is 5.60 Å². The number of nitrogens with two attached hydrogens (primary N) is 1. The van der Waals surface area contributed by atoms with Crippen LogP contribution in [0.25, 0.3) is 0 Å². The summed E-state index contributed by atoms with van der Waals surface area (Å²) in [7, 11) is 0. The van der Waals surface area contributed by atoms with Gasteiger partial charge in [-0.25, -0.2) is 0 Å². The SMILES string of the molecule is CC(C)(C)OC(=O)C[C@H](N)CC(=O)O. The number of esters is 1. The van der Waals surface area contributed by atoms with Crippen molar-refractivity contribution in [1.29, 1.82) is 0 Å². The maximum atomic E-state index is 11.2. The van der Waals surface area contributed by atoms with E-state index in [4.69, 9.17) is 15.6 Å².